The number of pyridine rings is 1. The fraction of sp³-hybridized carbons (Fsp3) is 0.412. The predicted octanol–water partition coefficient (Wildman–Crippen LogP) is 1.64. The van der Waals surface area contributed by atoms with Gasteiger partial charge in [0.15, 0.2) is 0 Å². The Morgan fingerprint density at radius 2 is 2.12 bits per heavy atom. The van der Waals surface area contributed by atoms with Crippen LogP contribution < -0.4 is 4.74 Å². The lowest BCUT2D eigenvalue weighted by Crippen LogP contribution is -2.49. The van der Waals surface area contributed by atoms with Crippen LogP contribution in [0, 0.1) is 0 Å². The van der Waals surface area contributed by atoms with Crippen LogP contribution >= 0.6 is 11.3 Å². The minimum atomic E-state index is -0.467. The summed E-state index contributed by atoms with van der Waals surface area (Å²) in [5.74, 6) is 0.302. The van der Waals surface area contributed by atoms with Crippen LogP contribution in [-0.2, 0) is 0 Å². The van der Waals surface area contributed by atoms with Crippen molar-refractivity contribution in [3.8, 4) is 5.88 Å². The van der Waals surface area contributed by atoms with Crippen molar-refractivity contribution in [3.05, 3.63) is 46.3 Å². The summed E-state index contributed by atoms with van der Waals surface area (Å²) in [4.78, 5) is 21.7. The Morgan fingerprint density at radius 1 is 1.33 bits per heavy atom. The van der Waals surface area contributed by atoms with Gasteiger partial charge in [0.05, 0.1) is 7.11 Å². The maximum atomic E-state index is 12.6. The van der Waals surface area contributed by atoms with Gasteiger partial charge in [-0.1, -0.05) is 6.07 Å². The van der Waals surface area contributed by atoms with E-state index in [9.17, 15) is 9.90 Å². The number of thiophene rings is 1. The first-order chi connectivity index (χ1) is 11.7. The van der Waals surface area contributed by atoms with Gasteiger partial charge < -0.3 is 14.7 Å². The lowest BCUT2D eigenvalue weighted by atomic mass is 10.2. The number of piperazine rings is 1. The number of methoxy groups -OCH3 is 1. The smallest absolute Gasteiger partial charge is 0.259 e. The number of aliphatic hydroxyl groups is 1. The number of nitrogens with zero attached hydrogens (tertiary/aromatic N) is 3. The summed E-state index contributed by atoms with van der Waals surface area (Å²) in [5.41, 5.74) is 0.493. The molecule has 2 aromatic heterocycles. The van der Waals surface area contributed by atoms with E-state index in [0.29, 0.717) is 31.1 Å². The third-order valence-electron chi connectivity index (χ3n) is 4.16. The van der Waals surface area contributed by atoms with Crippen LogP contribution in [0.4, 0.5) is 0 Å². The third kappa shape index (κ3) is 3.75. The van der Waals surface area contributed by atoms with Crippen LogP contribution in [-0.4, -0.2) is 65.6 Å². The lowest BCUT2D eigenvalue weighted by Gasteiger charge is -2.35. The van der Waals surface area contributed by atoms with Crippen LogP contribution in [0.5, 0.6) is 5.88 Å². The molecule has 1 N–H and O–H groups in total. The highest BCUT2D eigenvalue weighted by atomic mass is 32.1. The van der Waals surface area contributed by atoms with E-state index >= 15 is 0 Å². The second-order valence-corrected chi connectivity index (χ2v) is 6.66. The predicted molar refractivity (Wildman–Crippen MR) is 92.4 cm³/mol. The summed E-state index contributed by atoms with van der Waals surface area (Å²) >= 11 is 1.56. The van der Waals surface area contributed by atoms with Crippen molar-refractivity contribution in [1.82, 2.24) is 14.8 Å². The second kappa shape index (κ2) is 7.74. The zero-order valence-electron chi connectivity index (χ0n) is 13.6. The molecule has 0 saturated carbocycles. The number of aromatic nitrogens is 1. The maximum absolute atomic E-state index is 12.6. The number of hydrogen-bond donors (Lipinski definition) is 1. The van der Waals surface area contributed by atoms with Crippen LogP contribution in [0.2, 0.25) is 0 Å². The summed E-state index contributed by atoms with van der Waals surface area (Å²) in [5, 5.41) is 12.2. The van der Waals surface area contributed by atoms with Gasteiger partial charge in [-0.2, -0.15) is 0 Å². The summed E-state index contributed by atoms with van der Waals surface area (Å²) in [6.07, 6.45) is 1.14. The van der Waals surface area contributed by atoms with E-state index in [1.807, 2.05) is 22.4 Å². The normalized spacial score (nSPS) is 16.8. The highest BCUT2D eigenvalue weighted by Crippen LogP contribution is 2.21. The average Bonchev–Trinajstić information content (AvgIpc) is 3.16. The number of carbonyl (C=O) groups excluding carboxylic acids is 1. The van der Waals surface area contributed by atoms with Crippen LogP contribution in [0.15, 0.2) is 35.8 Å². The zero-order chi connectivity index (χ0) is 16.9. The minimum absolute atomic E-state index is 0.0570. The molecule has 0 aliphatic carbocycles. The standard InChI is InChI=1S/C17H21N3O3S/c1-23-16-13(4-2-6-18-16)17(22)20-9-7-19(8-10-20)12-14(21)15-5-3-11-24-15/h2-6,11,14,21H,7-10,12H2,1H3/t14-/m0/s1. The zero-order valence-corrected chi connectivity index (χ0v) is 14.4. The topological polar surface area (TPSA) is 65.9 Å². The summed E-state index contributed by atoms with van der Waals surface area (Å²) in [7, 11) is 1.52. The molecular formula is C17H21N3O3S. The van der Waals surface area contributed by atoms with Gasteiger partial charge >= 0.3 is 0 Å². The Morgan fingerprint density at radius 3 is 2.79 bits per heavy atom. The van der Waals surface area contributed by atoms with Crippen molar-refractivity contribution < 1.29 is 14.6 Å². The van der Waals surface area contributed by atoms with Gasteiger partial charge in [0.2, 0.25) is 5.88 Å². The fourth-order valence-electron chi connectivity index (χ4n) is 2.84. The molecule has 24 heavy (non-hydrogen) atoms. The van der Waals surface area contributed by atoms with Gasteiger partial charge in [-0.25, -0.2) is 4.98 Å². The van der Waals surface area contributed by atoms with Gasteiger partial charge in [-0.05, 0) is 23.6 Å². The van der Waals surface area contributed by atoms with Gasteiger partial charge in [0.25, 0.3) is 5.91 Å². The molecule has 2 aromatic rings. The second-order valence-electron chi connectivity index (χ2n) is 5.68. The summed E-state index contributed by atoms with van der Waals surface area (Å²) in [6.45, 7) is 3.36. The largest absolute Gasteiger partial charge is 0.480 e. The van der Waals surface area contributed by atoms with Gasteiger partial charge in [0.1, 0.15) is 11.7 Å². The molecular weight excluding hydrogens is 326 g/mol. The van der Waals surface area contributed by atoms with Gasteiger partial charge in [-0.15, -0.1) is 11.3 Å². The molecule has 0 spiro atoms. The molecule has 1 aliphatic heterocycles. The Balaban J connectivity index is 1.56. The van der Waals surface area contributed by atoms with E-state index in [1.165, 1.54) is 7.11 Å². The number of ether oxygens (including phenoxy) is 1. The molecule has 1 saturated heterocycles. The number of β-amino-alcohol motifs (C(OH)–C–C–N with tert-alkyl or cyclic N) is 1. The SMILES string of the molecule is COc1ncccc1C(=O)N1CCN(C[C@H](O)c2cccs2)CC1. The quantitative estimate of drug-likeness (QED) is 0.891. The molecule has 0 bridgehead atoms. The summed E-state index contributed by atoms with van der Waals surface area (Å²) < 4.78 is 5.17. The average molecular weight is 347 g/mol. The molecule has 128 valence electrons. The van der Waals surface area contributed by atoms with Crippen molar-refractivity contribution in [3.63, 3.8) is 0 Å². The van der Waals surface area contributed by atoms with E-state index in [0.717, 1.165) is 18.0 Å². The lowest BCUT2D eigenvalue weighted by molar-refractivity contribution is 0.0530. The maximum Gasteiger partial charge on any atom is 0.259 e. The van der Waals surface area contributed by atoms with Crippen molar-refractivity contribution in [2.24, 2.45) is 0 Å². The van der Waals surface area contributed by atoms with E-state index in [4.69, 9.17) is 4.74 Å². The Labute approximate surface area is 145 Å². The van der Waals surface area contributed by atoms with E-state index in [1.54, 1.807) is 29.7 Å². The molecule has 7 heteroatoms. The number of aliphatic hydroxyl groups excluding tert-OH is 1. The molecule has 0 radical (unpaired) electrons. The molecule has 1 fully saturated rings. The van der Waals surface area contributed by atoms with Crippen molar-refractivity contribution >= 4 is 17.2 Å². The van der Waals surface area contributed by atoms with E-state index in [-0.39, 0.29) is 5.91 Å². The Bertz CT molecular complexity index is 669. The fourth-order valence-corrected chi connectivity index (χ4v) is 3.54. The molecule has 1 amide bonds. The number of hydrogen-bond acceptors (Lipinski definition) is 6. The van der Waals surface area contributed by atoms with E-state index < -0.39 is 6.10 Å². The van der Waals surface area contributed by atoms with Crippen molar-refractivity contribution in [2.75, 3.05) is 39.8 Å². The molecule has 0 aromatic carbocycles. The first-order valence-corrected chi connectivity index (χ1v) is 8.79. The first-order valence-electron chi connectivity index (χ1n) is 7.91. The van der Waals surface area contributed by atoms with Crippen LogP contribution in [0.25, 0.3) is 0 Å². The van der Waals surface area contributed by atoms with Crippen molar-refractivity contribution in [1.29, 1.82) is 0 Å². The number of amides is 1. The first kappa shape index (κ1) is 16.9. The van der Waals surface area contributed by atoms with E-state index in [2.05, 4.69) is 9.88 Å². The minimum Gasteiger partial charge on any atom is -0.480 e. The molecule has 6 nitrogen and oxygen atoms in total. The van der Waals surface area contributed by atoms with Crippen molar-refractivity contribution in [2.45, 2.75) is 6.10 Å². The Kier molecular flexibility index (Phi) is 5.44. The third-order valence-corrected chi connectivity index (χ3v) is 5.13. The monoisotopic (exact) mass is 347 g/mol. The van der Waals surface area contributed by atoms with Crippen LogP contribution in [0.3, 0.4) is 0 Å². The van der Waals surface area contributed by atoms with Gasteiger partial charge in [-0.3, -0.25) is 9.69 Å². The molecule has 3 heterocycles. The molecule has 3 rings (SSSR count). The summed E-state index contributed by atoms with van der Waals surface area (Å²) in [6, 6.07) is 7.37. The molecule has 0 unspecified atom stereocenters. The Hall–Kier alpha value is -1.96. The van der Waals surface area contributed by atoms with Gasteiger partial charge in [0, 0.05) is 43.8 Å². The highest BCUT2D eigenvalue weighted by Gasteiger charge is 2.25. The van der Waals surface area contributed by atoms with Crippen LogP contribution in [0.1, 0.15) is 21.3 Å². The highest BCUT2D eigenvalue weighted by molar-refractivity contribution is 7.10. The molecule has 1 atom stereocenters. The number of rotatable bonds is 5. The molecule has 1 aliphatic rings. The number of carbonyl (C=O) groups is 1.